The third-order valence-corrected chi connectivity index (χ3v) is 5.62. The zero-order valence-electron chi connectivity index (χ0n) is 16.0. The van der Waals surface area contributed by atoms with Gasteiger partial charge in [-0.25, -0.2) is 0 Å². The summed E-state index contributed by atoms with van der Waals surface area (Å²) in [7, 11) is 0. The molecule has 148 valence electrons. The molecule has 2 amide bonds. The van der Waals surface area contributed by atoms with Crippen molar-refractivity contribution in [1.29, 1.82) is 0 Å². The average Bonchev–Trinajstić information content (AvgIpc) is 2.75. The number of nitrogens with zero attached hydrogens (tertiary/aromatic N) is 1. The third-order valence-electron chi connectivity index (χ3n) is 5.29. The molecule has 0 unspecified atom stereocenters. The number of para-hydroxylation sites is 1. The van der Waals surface area contributed by atoms with Crippen LogP contribution in [-0.2, 0) is 0 Å². The van der Waals surface area contributed by atoms with E-state index in [4.69, 9.17) is 11.6 Å². The Labute approximate surface area is 174 Å². The fraction of sp³-hybridized carbons (Fsp3) is 0.261. The minimum atomic E-state index is -0.282. The maximum absolute atomic E-state index is 12.8. The number of aromatic nitrogens is 1. The van der Waals surface area contributed by atoms with Crippen LogP contribution >= 0.6 is 11.6 Å². The van der Waals surface area contributed by atoms with Gasteiger partial charge in [-0.2, -0.15) is 0 Å². The quantitative estimate of drug-likeness (QED) is 0.624. The van der Waals surface area contributed by atoms with E-state index in [0.717, 1.165) is 31.1 Å². The van der Waals surface area contributed by atoms with Gasteiger partial charge in [-0.05, 0) is 43.2 Å². The van der Waals surface area contributed by atoms with E-state index in [9.17, 15) is 9.59 Å². The van der Waals surface area contributed by atoms with Crippen LogP contribution in [0.2, 0.25) is 5.02 Å². The number of carbonyl (C=O) groups is 2. The summed E-state index contributed by atoms with van der Waals surface area (Å²) in [6, 6.07) is 14.3. The summed E-state index contributed by atoms with van der Waals surface area (Å²) in [4.78, 5) is 29.8. The summed E-state index contributed by atoms with van der Waals surface area (Å²) in [5.74, 6) is -0.486. The summed E-state index contributed by atoms with van der Waals surface area (Å²) in [6.07, 6.45) is 7.14. The predicted octanol–water partition coefficient (Wildman–Crippen LogP) is 5.20. The highest BCUT2D eigenvalue weighted by molar-refractivity contribution is 6.34. The number of benzene rings is 2. The molecule has 0 spiro atoms. The molecule has 1 aliphatic carbocycles. The molecular formula is C23H22ClN3O2. The van der Waals surface area contributed by atoms with E-state index < -0.39 is 0 Å². The second-order valence-electron chi connectivity index (χ2n) is 7.34. The van der Waals surface area contributed by atoms with Gasteiger partial charge in [0.1, 0.15) is 0 Å². The Bertz CT molecular complexity index is 1060. The predicted molar refractivity (Wildman–Crippen MR) is 115 cm³/mol. The normalized spacial score (nSPS) is 14.5. The summed E-state index contributed by atoms with van der Waals surface area (Å²) in [6.45, 7) is 0. The first-order valence-electron chi connectivity index (χ1n) is 9.87. The van der Waals surface area contributed by atoms with Gasteiger partial charge in [0, 0.05) is 23.3 Å². The van der Waals surface area contributed by atoms with Gasteiger partial charge in [0.05, 0.1) is 21.7 Å². The molecule has 29 heavy (non-hydrogen) atoms. The van der Waals surface area contributed by atoms with Crippen molar-refractivity contribution >= 4 is 40.0 Å². The first-order valence-corrected chi connectivity index (χ1v) is 10.2. The molecule has 0 radical (unpaired) electrons. The Kier molecular flexibility index (Phi) is 5.76. The Morgan fingerprint density at radius 1 is 0.931 bits per heavy atom. The van der Waals surface area contributed by atoms with Crippen LogP contribution in [-0.4, -0.2) is 22.8 Å². The number of fused-ring (bicyclic) bond motifs is 1. The van der Waals surface area contributed by atoms with Crippen LogP contribution in [0.1, 0.15) is 52.8 Å². The van der Waals surface area contributed by atoms with Crippen LogP contribution in [0.15, 0.2) is 54.7 Å². The maximum atomic E-state index is 12.8. The minimum absolute atomic E-state index is 0.187. The first-order chi connectivity index (χ1) is 14.1. The van der Waals surface area contributed by atoms with Crippen molar-refractivity contribution in [2.24, 2.45) is 0 Å². The number of nitrogens with one attached hydrogen (secondary N) is 2. The van der Waals surface area contributed by atoms with Gasteiger partial charge in [-0.15, -0.1) is 0 Å². The highest BCUT2D eigenvalue weighted by Gasteiger charge is 2.19. The number of rotatable bonds is 4. The third kappa shape index (κ3) is 4.40. The molecule has 1 fully saturated rings. The van der Waals surface area contributed by atoms with Crippen molar-refractivity contribution in [3.05, 3.63) is 70.9 Å². The lowest BCUT2D eigenvalue weighted by Gasteiger charge is -2.23. The molecule has 1 aliphatic rings. The van der Waals surface area contributed by atoms with Crippen molar-refractivity contribution < 1.29 is 9.59 Å². The van der Waals surface area contributed by atoms with Crippen molar-refractivity contribution in [3.8, 4) is 0 Å². The minimum Gasteiger partial charge on any atom is -0.349 e. The Morgan fingerprint density at radius 3 is 2.55 bits per heavy atom. The van der Waals surface area contributed by atoms with Crippen LogP contribution < -0.4 is 10.6 Å². The summed E-state index contributed by atoms with van der Waals surface area (Å²) >= 11 is 6.26. The highest BCUT2D eigenvalue weighted by atomic mass is 35.5. The second-order valence-corrected chi connectivity index (χ2v) is 7.75. The van der Waals surface area contributed by atoms with Crippen molar-refractivity contribution in [2.45, 2.75) is 38.1 Å². The highest BCUT2D eigenvalue weighted by Crippen LogP contribution is 2.24. The Morgan fingerprint density at radius 2 is 1.72 bits per heavy atom. The molecular weight excluding hydrogens is 386 g/mol. The van der Waals surface area contributed by atoms with E-state index >= 15 is 0 Å². The molecule has 1 saturated carbocycles. The number of halogens is 1. The Balaban J connectivity index is 1.54. The number of carbonyl (C=O) groups excluding carboxylic acids is 2. The maximum Gasteiger partial charge on any atom is 0.257 e. The van der Waals surface area contributed by atoms with Crippen molar-refractivity contribution in [1.82, 2.24) is 10.3 Å². The molecule has 4 rings (SSSR count). The van der Waals surface area contributed by atoms with Crippen LogP contribution in [0, 0.1) is 0 Å². The van der Waals surface area contributed by atoms with Gasteiger partial charge in [-0.1, -0.05) is 49.1 Å². The molecule has 0 aliphatic heterocycles. The summed E-state index contributed by atoms with van der Waals surface area (Å²) in [5, 5.41) is 7.18. The van der Waals surface area contributed by atoms with Gasteiger partial charge in [0.2, 0.25) is 0 Å². The smallest absolute Gasteiger partial charge is 0.257 e. The SMILES string of the molecule is O=C(NC1CCCCC1)c1cc(NC(=O)c2cccc3cccnc23)ccc1Cl. The van der Waals surface area contributed by atoms with Gasteiger partial charge in [0.15, 0.2) is 0 Å². The fourth-order valence-corrected chi connectivity index (χ4v) is 3.98. The van der Waals surface area contributed by atoms with Gasteiger partial charge < -0.3 is 10.6 Å². The van der Waals surface area contributed by atoms with Crippen LogP contribution in [0.25, 0.3) is 10.9 Å². The fourth-order valence-electron chi connectivity index (χ4n) is 3.77. The lowest BCUT2D eigenvalue weighted by atomic mass is 9.95. The van der Waals surface area contributed by atoms with E-state index in [1.807, 2.05) is 24.3 Å². The van der Waals surface area contributed by atoms with E-state index in [-0.39, 0.29) is 17.9 Å². The zero-order valence-corrected chi connectivity index (χ0v) is 16.7. The van der Waals surface area contributed by atoms with Gasteiger partial charge in [-0.3, -0.25) is 14.6 Å². The number of pyridine rings is 1. The molecule has 1 aromatic heterocycles. The van der Waals surface area contributed by atoms with Crippen molar-refractivity contribution in [2.75, 3.05) is 5.32 Å². The molecule has 0 atom stereocenters. The number of anilines is 1. The molecule has 1 heterocycles. The number of hydrogen-bond donors (Lipinski definition) is 2. The van der Waals surface area contributed by atoms with E-state index in [0.29, 0.717) is 27.4 Å². The lowest BCUT2D eigenvalue weighted by Crippen LogP contribution is -2.36. The molecule has 0 bridgehead atoms. The molecule has 5 nitrogen and oxygen atoms in total. The summed E-state index contributed by atoms with van der Waals surface area (Å²) in [5.41, 5.74) is 2.00. The summed E-state index contributed by atoms with van der Waals surface area (Å²) < 4.78 is 0. The molecule has 2 aromatic carbocycles. The standard InChI is InChI=1S/C23H22ClN3O2/c24-20-12-11-17(14-19(20)23(29)26-16-8-2-1-3-9-16)27-22(28)18-10-4-6-15-7-5-13-25-21(15)18/h4-7,10-14,16H,1-3,8-9H2,(H,26,29)(H,27,28). The number of hydrogen-bond acceptors (Lipinski definition) is 3. The van der Waals surface area contributed by atoms with Crippen LogP contribution in [0.3, 0.4) is 0 Å². The lowest BCUT2D eigenvalue weighted by molar-refractivity contribution is 0.0926. The second kappa shape index (κ2) is 8.62. The van der Waals surface area contributed by atoms with E-state index in [1.54, 1.807) is 30.5 Å². The van der Waals surface area contributed by atoms with Crippen LogP contribution in [0.4, 0.5) is 5.69 Å². The van der Waals surface area contributed by atoms with E-state index in [1.165, 1.54) is 6.42 Å². The largest absolute Gasteiger partial charge is 0.349 e. The zero-order chi connectivity index (χ0) is 20.2. The molecule has 0 saturated heterocycles. The average molecular weight is 408 g/mol. The number of amides is 2. The molecule has 6 heteroatoms. The Hall–Kier alpha value is -2.92. The van der Waals surface area contributed by atoms with Crippen LogP contribution in [0.5, 0.6) is 0 Å². The molecule has 3 aromatic rings. The molecule has 2 N–H and O–H groups in total. The van der Waals surface area contributed by atoms with Gasteiger partial charge >= 0.3 is 0 Å². The monoisotopic (exact) mass is 407 g/mol. The topological polar surface area (TPSA) is 71.1 Å². The van der Waals surface area contributed by atoms with Gasteiger partial charge in [0.25, 0.3) is 11.8 Å². The van der Waals surface area contributed by atoms with Crippen molar-refractivity contribution in [3.63, 3.8) is 0 Å². The first kappa shape index (κ1) is 19.4. The van der Waals surface area contributed by atoms with E-state index in [2.05, 4.69) is 15.6 Å².